The average Bonchev–Trinajstić information content (AvgIpc) is 2.09. The van der Waals surface area contributed by atoms with E-state index in [0.717, 1.165) is 5.57 Å². The number of benzene rings is 1. The van der Waals surface area contributed by atoms with E-state index in [2.05, 4.69) is 5.32 Å². The second-order valence-corrected chi connectivity index (χ2v) is 4.71. The molecule has 1 rings (SSSR count). The zero-order valence-electron chi connectivity index (χ0n) is 8.77. The highest BCUT2D eigenvalue weighted by Gasteiger charge is 2.09. The monoisotopic (exact) mass is 277 g/mol. The third-order valence-corrected chi connectivity index (χ3v) is 2.49. The molecule has 0 heterocycles. The van der Waals surface area contributed by atoms with Gasteiger partial charge in [-0.05, 0) is 26.0 Å². The van der Waals surface area contributed by atoms with Crippen molar-refractivity contribution >= 4 is 46.4 Å². The van der Waals surface area contributed by atoms with Gasteiger partial charge in [-0.15, -0.1) is 0 Å². The van der Waals surface area contributed by atoms with Crippen LogP contribution >= 0.6 is 34.8 Å². The zero-order valence-corrected chi connectivity index (χ0v) is 11.0. The maximum Gasteiger partial charge on any atom is 0.248 e. The summed E-state index contributed by atoms with van der Waals surface area (Å²) >= 11 is 17.6. The summed E-state index contributed by atoms with van der Waals surface area (Å²) in [6.07, 6.45) is 1.46. The van der Waals surface area contributed by atoms with Crippen LogP contribution in [0.5, 0.6) is 0 Å². The first kappa shape index (κ1) is 13.4. The maximum absolute atomic E-state index is 11.5. The Bertz CT molecular complexity index is 428. The number of halogens is 3. The van der Waals surface area contributed by atoms with E-state index in [4.69, 9.17) is 34.8 Å². The number of nitrogens with one attached hydrogen (secondary N) is 1. The SMILES string of the molecule is CC(C)=CC(=O)Nc1c(Cl)cc(Cl)cc1Cl. The van der Waals surface area contributed by atoms with Crippen molar-refractivity contribution in [3.8, 4) is 0 Å². The van der Waals surface area contributed by atoms with Crippen molar-refractivity contribution in [1.82, 2.24) is 0 Å². The molecule has 0 aromatic heterocycles. The van der Waals surface area contributed by atoms with E-state index in [0.29, 0.717) is 20.8 Å². The molecular formula is C11H10Cl3NO. The van der Waals surface area contributed by atoms with E-state index < -0.39 is 0 Å². The molecule has 86 valence electrons. The fourth-order valence-corrected chi connectivity index (χ4v) is 1.99. The second-order valence-electron chi connectivity index (χ2n) is 3.46. The average molecular weight is 279 g/mol. The molecule has 0 aliphatic rings. The Kier molecular flexibility index (Phi) is 4.66. The van der Waals surface area contributed by atoms with Crippen LogP contribution in [0.1, 0.15) is 13.8 Å². The Balaban J connectivity index is 2.98. The van der Waals surface area contributed by atoms with Gasteiger partial charge in [0.25, 0.3) is 0 Å². The molecule has 1 aromatic rings. The number of carbonyl (C=O) groups excluding carboxylic acids is 1. The normalized spacial score (nSPS) is 9.81. The molecule has 0 atom stereocenters. The van der Waals surface area contributed by atoms with Crippen LogP contribution < -0.4 is 5.32 Å². The van der Waals surface area contributed by atoms with Crippen LogP contribution in [0.2, 0.25) is 15.1 Å². The summed E-state index contributed by atoms with van der Waals surface area (Å²) in [4.78, 5) is 11.5. The van der Waals surface area contributed by atoms with E-state index in [1.807, 2.05) is 13.8 Å². The van der Waals surface area contributed by atoms with Gasteiger partial charge in [0.05, 0.1) is 15.7 Å². The predicted molar refractivity (Wildman–Crippen MR) is 69.5 cm³/mol. The molecule has 1 amide bonds. The van der Waals surface area contributed by atoms with Crippen LogP contribution in [-0.4, -0.2) is 5.91 Å². The Morgan fingerprint density at radius 2 is 1.69 bits per heavy atom. The Morgan fingerprint density at radius 1 is 1.19 bits per heavy atom. The number of anilines is 1. The first-order chi connectivity index (χ1) is 7.40. The van der Waals surface area contributed by atoms with Gasteiger partial charge in [-0.25, -0.2) is 0 Å². The van der Waals surface area contributed by atoms with Crippen molar-refractivity contribution in [2.75, 3.05) is 5.32 Å². The third-order valence-electron chi connectivity index (χ3n) is 1.67. The summed E-state index contributed by atoms with van der Waals surface area (Å²) < 4.78 is 0. The standard InChI is InChI=1S/C11H10Cl3NO/c1-6(2)3-10(16)15-11-8(13)4-7(12)5-9(11)14/h3-5H,1-2H3,(H,15,16). The molecule has 0 unspecified atom stereocenters. The highest BCUT2D eigenvalue weighted by molar-refractivity contribution is 6.42. The van der Waals surface area contributed by atoms with Crippen LogP contribution in [0.25, 0.3) is 0 Å². The van der Waals surface area contributed by atoms with Gasteiger partial charge in [0, 0.05) is 11.1 Å². The Labute approximate surface area is 109 Å². The van der Waals surface area contributed by atoms with Crippen LogP contribution in [0.4, 0.5) is 5.69 Å². The number of amides is 1. The molecule has 2 nitrogen and oxygen atoms in total. The highest BCUT2D eigenvalue weighted by Crippen LogP contribution is 2.33. The largest absolute Gasteiger partial charge is 0.320 e. The van der Waals surface area contributed by atoms with Crippen LogP contribution in [0.15, 0.2) is 23.8 Å². The third kappa shape index (κ3) is 3.71. The van der Waals surface area contributed by atoms with Crippen LogP contribution in [-0.2, 0) is 4.79 Å². The smallest absolute Gasteiger partial charge is 0.248 e. The molecule has 0 radical (unpaired) electrons. The Hall–Kier alpha value is -0.700. The minimum Gasteiger partial charge on any atom is -0.320 e. The topological polar surface area (TPSA) is 29.1 Å². The van der Waals surface area contributed by atoms with E-state index in [1.54, 1.807) is 0 Å². The minimum absolute atomic E-state index is 0.272. The molecule has 1 N–H and O–H groups in total. The quantitative estimate of drug-likeness (QED) is 0.790. The van der Waals surface area contributed by atoms with Gasteiger partial charge in [-0.3, -0.25) is 4.79 Å². The van der Waals surface area contributed by atoms with Crippen molar-refractivity contribution in [1.29, 1.82) is 0 Å². The summed E-state index contributed by atoms with van der Waals surface area (Å²) in [5, 5.41) is 3.65. The molecular weight excluding hydrogens is 268 g/mol. The van der Waals surface area contributed by atoms with Crippen molar-refractivity contribution < 1.29 is 4.79 Å². The van der Waals surface area contributed by atoms with Crippen molar-refractivity contribution in [3.63, 3.8) is 0 Å². The van der Waals surface area contributed by atoms with Gasteiger partial charge in [-0.2, -0.15) is 0 Å². The molecule has 0 aliphatic heterocycles. The highest BCUT2D eigenvalue weighted by atomic mass is 35.5. The van der Waals surface area contributed by atoms with E-state index in [-0.39, 0.29) is 5.91 Å². The second kappa shape index (κ2) is 5.58. The van der Waals surface area contributed by atoms with E-state index >= 15 is 0 Å². The number of allylic oxidation sites excluding steroid dienone is 1. The number of carbonyl (C=O) groups is 1. The fourth-order valence-electron chi connectivity index (χ4n) is 1.08. The lowest BCUT2D eigenvalue weighted by atomic mass is 10.3. The summed E-state index contributed by atoms with van der Waals surface area (Å²) in [6, 6.07) is 3.04. The van der Waals surface area contributed by atoms with E-state index in [1.165, 1.54) is 18.2 Å². The van der Waals surface area contributed by atoms with Gasteiger partial charge in [0.2, 0.25) is 5.91 Å². The molecule has 16 heavy (non-hydrogen) atoms. The van der Waals surface area contributed by atoms with Gasteiger partial charge < -0.3 is 5.32 Å². The van der Waals surface area contributed by atoms with Gasteiger partial charge in [-0.1, -0.05) is 40.4 Å². The lowest BCUT2D eigenvalue weighted by Gasteiger charge is -2.08. The van der Waals surface area contributed by atoms with Gasteiger partial charge in [0.15, 0.2) is 0 Å². The van der Waals surface area contributed by atoms with Crippen molar-refractivity contribution in [2.45, 2.75) is 13.8 Å². The molecule has 0 saturated heterocycles. The lowest BCUT2D eigenvalue weighted by molar-refractivity contribution is -0.111. The van der Waals surface area contributed by atoms with Gasteiger partial charge >= 0.3 is 0 Å². The maximum atomic E-state index is 11.5. The summed E-state index contributed by atoms with van der Waals surface area (Å²) in [6.45, 7) is 3.65. The van der Waals surface area contributed by atoms with E-state index in [9.17, 15) is 4.79 Å². The first-order valence-electron chi connectivity index (χ1n) is 4.50. The number of hydrogen-bond donors (Lipinski definition) is 1. The minimum atomic E-state index is -0.272. The molecule has 0 bridgehead atoms. The molecule has 0 aliphatic carbocycles. The number of hydrogen-bond acceptors (Lipinski definition) is 1. The molecule has 0 saturated carbocycles. The lowest BCUT2D eigenvalue weighted by Crippen LogP contribution is -2.09. The summed E-state index contributed by atoms with van der Waals surface area (Å²) in [5.74, 6) is -0.272. The predicted octanol–water partition coefficient (Wildman–Crippen LogP) is 4.55. The van der Waals surface area contributed by atoms with Crippen molar-refractivity contribution in [3.05, 3.63) is 38.8 Å². The number of rotatable bonds is 2. The Morgan fingerprint density at radius 3 is 2.12 bits per heavy atom. The van der Waals surface area contributed by atoms with Crippen molar-refractivity contribution in [2.24, 2.45) is 0 Å². The van der Waals surface area contributed by atoms with Crippen LogP contribution in [0, 0.1) is 0 Å². The molecule has 1 aromatic carbocycles. The van der Waals surface area contributed by atoms with Crippen LogP contribution in [0.3, 0.4) is 0 Å². The summed E-state index contributed by atoms with van der Waals surface area (Å²) in [5.41, 5.74) is 1.26. The fraction of sp³-hybridized carbons (Fsp3) is 0.182. The summed E-state index contributed by atoms with van der Waals surface area (Å²) in [7, 11) is 0. The van der Waals surface area contributed by atoms with Gasteiger partial charge in [0.1, 0.15) is 0 Å². The first-order valence-corrected chi connectivity index (χ1v) is 5.64. The molecule has 0 fully saturated rings. The molecule has 0 spiro atoms. The molecule has 5 heteroatoms. The zero-order chi connectivity index (χ0) is 12.3.